The Morgan fingerprint density at radius 1 is 1.04 bits per heavy atom. The van der Waals surface area contributed by atoms with E-state index >= 15 is 0 Å². The number of piperidine rings is 1. The number of anilines is 1. The van der Waals surface area contributed by atoms with Crippen molar-refractivity contribution in [3.05, 3.63) is 29.3 Å². The van der Waals surface area contributed by atoms with Gasteiger partial charge in [-0.2, -0.15) is 0 Å². The average Bonchev–Trinajstić information content (AvgIpc) is 2.99. The summed E-state index contributed by atoms with van der Waals surface area (Å²) in [5.41, 5.74) is 3.90. The summed E-state index contributed by atoms with van der Waals surface area (Å²) in [6.07, 6.45) is 13.5. The summed E-state index contributed by atoms with van der Waals surface area (Å²) in [4.78, 5) is 17.7. The molecule has 28 heavy (non-hydrogen) atoms. The maximum atomic E-state index is 13.1. The SMILES string of the molecule is CCCCCCCCCCCC(=O)N1c2ccc(C)cc2C2CN(C)CCC21. The lowest BCUT2D eigenvalue weighted by molar-refractivity contribution is -0.119. The topological polar surface area (TPSA) is 23.6 Å². The zero-order valence-corrected chi connectivity index (χ0v) is 18.4. The number of fused-ring (bicyclic) bond motifs is 3. The van der Waals surface area contributed by atoms with E-state index in [1.165, 1.54) is 68.2 Å². The van der Waals surface area contributed by atoms with Crippen LogP contribution < -0.4 is 4.90 Å². The van der Waals surface area contributed by atoms with Crippen LogP contribution in [0.4, 0.5) is 5.69 Å². The highest BCUT2D eigenvalue weighted by atomic mass is 16.2. The molecule has 156 valence electrons. The highest BCUT2D eigenvalue weighted by Crippen LogP contribution is 2.45. The molecule has 2 aliphatic heterocycles. The van der Waals surface area contributed by atoms with E-state index in [1.54, 1.807) is 0 Å². The van der Waals surface area contributed by atoms with Crippen LogP contribution in [0.1, 0.15) is 94.6 Å². The van der Waals surface area contributed by atoms with E-state index in [-0.39, 0.29) is 0 Å². The fraction of sp³-hybridized carbons (Fsp3) is 0.720. The first-order valence-corrected chi connectivity index (χ1v) is 11.7. The minimum Gasteiger partial charge on any atom is -0.308 e. The molecule has 0 aliphatic carbocycles. The molecule has 0 N–H and O–H groups in total. The van der Waals surface area contributed by atoms with E-state index < -0.39 is 0 Å². The third-order valence-electron chi connectivity index (χ3n) is 6.72. The summed E-state index contributed by atoms with van der Waals surface area (Å²) in [6.45, 7) is 6.60. The molecule has 2 aliphatic rings. The molecular formula is C25H40N2O. The van der Waals surface area contributed by atoms with Gasteiger partial charge in [0, 0.05) is 30.6 Å². The first-order chi connectivity index (χ1) is 13.6. The third-order valence-corrected chi connectivity index (χ3v) is 6.72. The summed E-state index contributed by atoms with van der Waals surface area (Å²) in [5, 5.41) is 0. The number of benzene rings is 1. The fourth-order valence-corrected chi connectivity index (χ4v) is 5.11. The molecule has 3 rings (SSSR count). The van der Waals surface area contributed by atoms with Crippen LogP contribution in [0.2, 0.25) is 0 Å². The Balaban J connectivity index is 1.49. The lowest BCUT2D eigenvalue weighted by atomic mass is 9.89. The van der Waals surface area contributed by atoms with Gasteiger partial charge in [0.15, 0.2) is 0 Å². The summed E-state index contributed by atoms with van der Waals surface area (Å²) in [5.74, 6) is 0.839. The number of likely N-dealkylation sites (tertiary alicyclic amines) is 1. The van der Waals surface area contributed by atoms with E-state index in [4.69, 9.17) is 0 Å². The minimum absolute atomic E-state index is 0.352. The van der Waals surface area contributed by atoms with Crippen LogP contribution in [0, 0.1) is 6.92 Å². The van der Waals surface area contributed by atoms with Gasteiger partial charge in [0.25, 0.3) is 0 Å². The van der Waals surface area contributed by atoms with Gasteiger partial charge in [-0.3, -0.25) is 4.79 Å². The average molecular weight is 385 g/mol. The number of amides is 1. The minimum atomic E-state index is 0.352. The van der Waals surface area contributed by atoms with Gasteiger partial charge in [-0.05, 0) is 45.0 Å². The molecule has 2 atom stereocenters. The first kappa shape index (κ1) is 21.4. The molecule has 0 bridgehead atoms. The first-order valence-electron chi connectivity index (χ1n) is 11.7. The van der Waals surface area contributed by atoms with Crippen molar-refractivity contribution in [2.75, 3.05) is 25.0 Å². The van der Waals surface area contributed by atoms with Crippen LogP contribution in [-0.2, 0) is 4.79 Å². The van der Waals surface area contributed by atoms with Gasteiger partial charge >= 0.3 is 0 Å². The molecule has 2 unspecified atom stereocenters. The Labute approximate surface area is 172 Å². The maximum absolute atomic E-state index is 13.1. The molecule has 0 spiro atoms. The van der Waals surface area contributed by atoms with Gasteiger partial charge in [-0.1, -0.05) is 76.0 Å². The predicted molar refractivity (Wildman–Crippen MR) is 119 cm³/mol. The van der Waals surface area contributed by atoms with Crippen LogP contribution in [0.5, 0.6) is 0 Å². The van der Waals surface area contributed by atoms with Crippen molar-refractivity contribution >= 4 is 11.6 Å². The molecule has 0 radical (unpaired) electrons. The Morgan fingerprint density at radius 3 is 2.43 bits per heavy atom. The van der Waals surface area contributed by atoms with Gasteiger partial charge < -0.3 is 9.80 Å². The number of carbonyl (C=O) groups is 1. The van der Waals surface area contributed by atoms with E-state index in [1.807, 2.05) is 0 Å². The van der Waals surface area contributed by atoms with E-state index in [9.17, 15) is 4.79 Å². The zero-order chi connectivity index (χ0) is 19.9. The van der Waals surface area contributed by atoms with Crippen LogP contribution in [0.25, 0.3) is 0 Å². The van der Waals surface area contributed by atoms with Crippen LogP contribution in [0.3, 0.4) is 0 Å². The molecule has 0 aromatic heterocycles. The third kappa shape index (κ3) is 5.17. The molecule has 1 saturated heterocycles. The van der Waals surface area contributed by atoms with Crippen molar-refractivity contribution in [1.82, 2.24) is 4.90 Å². The van der Waals surface area contributed by atoms with Gasteiger partial charge in [-0.25, -0.2) is 0 Å². The largest absolute Gasteiger partial charge is 0.308 e. The monoisotopic (exact) mass is 384 g/mol. The van der Waals surface area contributed by atoms with Crippen molar-refractivity contribution in [1.29, 1.82) is 0 Å². The predicted octanol–water partition coefficient (Wildman–Crippen LogP) is 6.05. The summed E-state index contributed by atoms with van der Waals surface area (Å²) >= 11 is 0. The van der Waals surface area contributed by atoms with Crippen LogP contribution in [-0.4, -0.2) is 37.0 Å². The number of hydrogen-bond donors (Lipinski definition) is 0. The summed E-state index contributed by atoms with van der Waals surface area (Å²) in [7, 11) is 2.21. The summed E-state index contributed by atoms with van der Waals surface area (Å²) < 4.78 is 0. The van der Waals surface area contributed by atoms with Gasteiger partial charge in [0.2, 0.25) is 5.91 Å². The zero-order valence-electron chi connectivity index (χ0n) is 18.4. The Morgan fingerprint density at radius 2 is 1.71 bits per heavy atom. The molecule has 1 fully saturated rings. The number of likely N-dealkylation sites (N-methyl/N-ethyl adjacent to an activating group) is 1. The highest BCUT2D eigenvalue weighted by Gasteiger charge is 2.43. The van der Waals surface area contributed by atoms with Crippen LogP contribution >= 0.6 is 0 Å². The smallest absolute Gasteiger partial charge is 0.227 e. The van der Waals surface area contributed by atoms with Crippen molar-refractivity contribution < 1.29 is 4.79 Å². The molecular weight excluding hydrogens is 344 g/mol. The van der Waals surface area contributed by atoms with Gasteiger partial charge in [0.05, 0.1) is 0 Å². The molecule has 1 amide bonds. The fourth-order valence-electron chi connectivity index (χ4n) is 5.11. The summed E-state index contributed by atoms with van der Waals surface area (Å²) in [6, 6.07) is 7.05. The molecule has 1 aromatic rings. The second kappa shape index (κ2) is 10.4. The van der Waals surface area contributed by atoms with Crippen molar-refractivity contribution in [2.24, 2.45) is 0 Å². The number of unbranched alkanes of at least 4 members (excludes halogenated alkanes) is 8. The molecule has 3 nitrogen and oxygen atoms in total. The number of rotatable bonds is 10. The van der Waals surface area contributed by atoms with Gasteiger partial charge in [-0.15, -0.1) is 0 Å². The highest BCUT2D eigenvalue weighted by molar-refractivity contribution is 5.96. The van der Waals surface area contributed by atoms with Crippen molar-refractivity contribution in [3.63, 3.8) is 0 Å². The second-order valence-corrected chi connectivity index (χ2v) is 9.13. The van der Waals surface area contributed by atoms with Crippen molar-refractivity contribution in [2.45, 2.75) is 96.4 Å². The molecule has 1 aromatic carbocycles. The molecule has 0 saturated carbocycles. The molecule has 3 heteroatoms. The normalized spacial score (nSPS) is 21.6. The Hall–Kier alpha value is -1.35. The Bertz CT molecular complexity index is 641. The number of nitrogens with zero attached hydrogens (tertiary/aromatic N) is 2. The Kier molecular flexibility index (Phi) is 7.96. The van der Waals surface area contributed by atoms with E-state index in [0.29, 0.717) is 24.3 Å². The quantitative estimate of drug-likeness (QED) is 0.458. The lowest BCUT2D eigenvalue weighted by Gasteiger charge is -2.36. The van der Waals surface area contributed by atoms with Crippen LogP contribution in [0.15, 0.2) is 18.2 Å². The number of aryl methyl sites for hydroxylation is 1. The second-order valence-electron chi connectivity index (χ2n) is 9.13. The van der Waals surface area contributed by atoms with E-state index in [2.05, 4.69) is 48.9 Å². The standard InChI is InChI=1S/C25H40N2O/c1-4-5-6-7-8-9-10-11-12-13-25(28)27-23-15-14-20(2)18-21(23)22-19-26(3)17-16-24(22)27/h14-15,18,22,24H,4-13,16-17,19H2,1-3H3. The lowest BCUT2D eigenvalue weighted by Crippen LogP contribution is -2.47. The van der Waals surface area contributed by atoms with E-state index in [0.717, 1.165) is 25.9 Å². The van der Waals surface area contributed by atoms with Crippen molar-refractivity contribution in [3.8, 4) is 0 Å². The molecule has 2 heterocycles. The number of hydrogen-bond acceptors (Lipinski definition) is 2. The number of carbonyl (C=O) groups excluding carboxylic acids is 1. The maximum Gasteiger partial charge on any atom is 0.227 e. The van der Waals surface area contributed by atoms with Gasteiger partial charge in [0.1, 0.15) is 0 Å².